The van der Waals surface area contributed by atoms with Crippen LogP contribution in [0.25, 0.3) is 0 Å². The van der Waals surface area contributed by atoms with Gasteiger partial charge in [-0.15, -0.1) is 0 Å². The molecule has 1 saturated heterocycles. The summed E-state index contributed by atoms with van der Waals surface area (Å²) in [5, 5.41) is 3.15. The Morgan fingerprint density at radius 3 is 2.90 bits per heavy atom. The lowest BCUT2D eigenvalue weighted by Crippen LogP contribution is -2.18. The fourth-order valence-corrected chi connectivity index (χ4v) is 3.26. The van der Waals surface area contributed by atoms with Crippen LogP contribution in [0.4, 0.5) is 0 Å². The molecule has 2 aliphatic heterocycles. The highest BCUT2D eigenvalue weighted by Crippen LogP contribution is 2.17. The van der Waals surface area contributed by atoms with Crippen LogP contribution in [-0.2, 0) is 16.1 Å². The van der Waals surface area contributed by atoms with Crippen molar-refractivity contribution in [3.05, 3.63) is 78.1 Å². The van der Waals surface area contributed by atoms with Crippen LogP contribution in [-0.4, -0.2) is 50.1 Å². The van der Waals surface area contributed by atoms with Crippen LogP contribution < -0.4 is 10.1 Å². The molecule has 1 N–H and O–H groups in total. The molecule has 2 aliphatic rings. The Hall–Kier alpha value is -3.12. The van der Waals surface area contributed by atoms with Crippen molar-refractivity contribution in [2.24, 2.45) is 4.99 Å². The van der Waals surface area contributed by atoms with Crippen molar-refractivity contribution in [2.45, 2.75) is 19.4 Å². The van der Waals surface area contributed by atoms with Crippen molar-refractivity contribution >= 4 is 11.8 Å². The van der Waals surface area contributed by atoms with Gasteiger partial charge in [0.25, 0.3) is 0 Å². The molecule has 1 aromatic carbocycles. The average Bonchev–Trinajstić information content (AvgIpc) is 3.25. The lowest BCUT2D eigenvalue weighted by atomic mass is 10.2. The van der Waals surface area contributed by atoms with Crippen LogP contribution in [0, 0.1) is 0 Å². The highest BCUT2D eigenvalue weighted by atomic mass is 16.5. The number of nitrogens with one attached hydrogen (secondary N) is 1. The fourth-order valence-electron chi connectivity index (χ4n) is 3.26. The lowest BCUT2D eigenvalue weighted by Gasteiger charge is -2.15. The van der Waals surface area contributed by atoms with E-state index in [0.29, 0.717) is 13.2 Å². The quantitative estimate of drug-likeness (QED) is 0.407. The number of carbonyl (C=O) groups excluding carboxylic acids is 1. The number of hydrogen-bond acceptors (Lipinski definition) is 5. The minimum Gasteiger partial charge on any atom is -0.492 e. The number of benzene rings is 1. The Morgan fingerprint density at radius 2 is 2.07 bits per heavy atom. The van der Waals surface area contributed by atoms with Gasteiger partial charge in [-0.3, -0.25) is 9.89 Å². The van der Waals surface area contributed by atoms with E-state index < -0.39 is 5.97 Å². The molecule has 0 saturated carbocycles. The number of carbonyl (C=O) groups is 1. The van der Waals surface area contributed by atoms with Gasteiger partial charge in [-0.25, -0.2) is 4.79 Å². The minimum atomic E-state index is -0.391. The largest absolute Gasteiger partial charge is 0.492 e. The molecule has 6 heteroatoms. The number of esters is 1. The van der Waals surface area contributed by atoms with E-state index in [4.69, 9.17) is 4.74 Å². The maximum Gasteiger partial charge on any atom is 0.330 e. The van der Waals surface area contributed by atoms with Crippen LogP contribution in [0.1, 0.15) is 18.4 Å². The molecule has 0 amide bonds. The van der Waals surface area contributed by atoms with Crippen LogP contribution >= 0.6 is 0 Å². The summed E-state index contributed by atoms with van der Waals surface area (Å²) in [5.74, 6) is 1.22. The number of allylic oxidation sites excluding steroid dienone is 5. The Balaban J connectivity index is 1.48. The number of amidine groups is 1. The number of nitrogens with zero attached hydrogens (tertiary/aromatic N) is 2. The monoisotopic (exact) mass is 407 g/mol. The molecule has 158 valence electrons. The van der Waals surface area contributed by atoms with Crippen LogP contribution in [0.2, 0.25) is 0 Å². The number of hydrogen-bond donors (Lipinski definition) is 1. The van der Waals surface area contributed by atoms with Gasteiger partial charge < -0.3 is 14.8 Å². The number of likely N-dealkylation sites (tertiary alicyclic amines) is 1. The van der Waals surface area contributed by atoms with E-state index in [2.05, 4.69) is 32.1 Å². The zero-order chi connectivity index (χ0) is 21.0. The van der Waals surface area contributed by atoms with E-state index in [1.165, 1.54) is 44.7 Å². The van der Waals surface area contributed by atoms with E-state index in [-0.39, 0.29) is 0 Å². The molecular formula is C24H29N3O3. The smallest absolute Gasteiger partial charge is 0.330 e. The first-order chi connectivity index (χ1) is 14.7. The van der Waals surface area contributed by atoms with Gasteiger partial charge in [-0.2, -0.15) is 0 Å². The molecule has 1 fully saturated rings. The predicted molar refractivity (Wildman–Crippen MR) is 119 cm³/mol. The van der Waals surface area contributed by atoms with Crippen molar-refractivity contribution in [1.82, 2.24) is 10.2 Å². The molecule has 1 aromatic rings. The van der Waals surface area contributed by atoms with Gasteiger partial charge in [0.2, 0.25) is 0 Å². The third-order valence-corrected chi connectivity index (χ3v) is 4.80. The van der Waals surface area contributed by atoms with Gasteiger partial charge in [0.15, 0.2) is 0 Å². The van der Waals surface area contributed by atoms with Gasteiger partial charge in [0.1, 0.15) is 18.2 Å². The zero-order valence-electron chi connectivity index (χ0n) is 17.4. The molecule has 0 bridgehead atoms. The molecule has 0 spiro atoms. The molecule has 6 nitrogen and oxygen atoms in total. The standard InChI is InChI=1S/C24H29N3O3/c1-29-24(28)12-11-20-7-2-3-10-23(26-18-20)25-13-16-30-22-9-6-8-21(17-22)19-27-14-4-5-15-27/h2-3,6-12,17-18H,4-5,13-16,19H2,1H3,(H,25,26)/b12-11+. The second-order valence-electron chi connectivity index (χ2n) is 7.11. The van der Waals surface area contributed by atoms with Crippen molar-refractivity contribution in [3.8, 4) is 5.75 Å². The lowest BCUT2D eigenvalue weighted by molar-refractivity contribution is -0.134. The Bertz CT molecular complexity index is 862. The highest BCUT2D eigenvalue weighted by Gasteiger charge is 2.11. The summed E-state index contributed by atoms with van der Waals surface area (Å²) in [7, 11) is 1.35. The number of ether oxygens (including phenoxy) is 2. The van der Waals surface area contributed by atoms with Crippen LogP contribution in [0.3, 0.4) is 0 Å². The first-order valence-corrected chi connectivity index (χ1v) is 10.3. The third kappa shape index (κ3) is 7.37. The maximum atomic E-state index is 11.2. The first kappa shape index (κ1) is 21.6. The van der Waals surface area contributed by atoms with E-state index in [9.17, 15) is 4.79 Å². The SMILES string of the molecule is COC(=O)/C=C/C1=C/NC(=NCCOc2cccc(CN3CCCC3)c2)/C=C\C=C\1. The molecular weight excluding hydrogens is 378 g/mol. The van der Waals surface area contributed by atoms with Crippen LogP contribution in [0.15, 0.2) is 77.5 Å². The van der Waals surface area contributed by atoms with E-state index in [0.717, 1.165) is 23.7 Å². The van der Waals surface area contributed by atoms with E-state index >= 15 is 0 Å². The summed E-state index contributed by atoms with van der Waals surface area (Å²) >= 11 is 0. The van der Waals surface area contributed by atoms with Crippen molar-refractivity contribution < 1.29 is 14.3 Å². The molecule has 30 heavy (non-hydrogen) atoms. The summed E-state index contributed by atoms with van der Waals surface area (Å²) in [6.07, 6.45) is 15.0. The predicted octanol–water partition coefficient (Wildman–Crippen LogP) is 3.39. The molecule has 3 rings (SSSR count). The third-order valence-electron chi connectivity index (χ3n) is 4.80. The first-order valence-electron chi connectivity index (χ1n) is 10.3. The second-order valence-corrected chi connectivity index (χ2v) is 7.11. The average molecular weight is 408 g/mol. The molecule has 0 atom stereocenters. The number of methoxy groups -OCH3 is 1. The van der Waals surface area contributed by atoms with Gasteiger partial charge in [0.05, 0.1) is 13.7 Å². The highest BCUT2D eigenvalue weighted by molar-refractivity contribution is 5.94. The summed E-state index contributed by atoms with van der Waals surface area (Å²) < 4.78 is 10.5. The van der Waals surface area contributed by atoms with E-state index in [1.54, 1.807) is 12.3 Å². The van der Waals surface area contributed by atoms with Crippen molar-refractivity contribution in [3.63, 3.8) is 0 Å². The second kappa shape index (κ2) is 11.8. The number of aliphatic imine (C=N–C) groups is 1. The Morgan fingerprint density at radius 1 is 1.23 bits per heavy atom. The number of rotatable bonds is 8. The maximum absolute atomic E-state index is 11.2. The topological polar surface area (TPSA) is 63.2 Å². The summed E-state index contributed by atoms with van der Waals surface area (Å²) in [4.78, 5) is 18.3. The summed E-state index contributed by atoms with van der Waals surface area (Å²) in [5.41, 5.74) is 2.12. The van der Waals surface area contributed by atoms with Gasteiger partial charge in [-0.05, 0) is 61.4 Å². The van der Waals surface area contributed by atoms with Gasteiger partial charge in [0, 0.05) is 18.8 Å². The molecule has 2 heterocycles. The molecule has 0 aliphatic carbocycles. The molecule has 0 unspecified atom stereocenters. The van der Waals surface area contributed by atoms with E-state index in [1.807, 2.05) is 36.4 Å². The van der Waals surface area contributed by atoms with Crippen molar-refractivity contribution in [2.75, 3.05) is 33.4 Å². The summed E-state index contributed by atoms with van der Waals surface area (Å²) in [6.45, 7) is 4.40. The molecule has 0 radical (unpaired) electrons. The summed E-state index contributed by atoms with van der Waals surface area (Å²) in [6, 6.07) is 8.31. The van der Waals surface area contributed by atoms with Gasteiger partial charge in [-0.1, -0.05) is 30.4 Å². The van der Waals surface area contributed by atoms with Crippen LogP contribution in [0.5, 0.6) is 5.75 Å². The minimum absolute atomic E-state index is 0.391. The van der Waals surface area contributed by atoms with Crippen molar-refractivity contribution in [1.29, 1.82) is 0 Å². The molecule has 0 aromatic heterocycles. The Kier molecular flexibility index (Phi) is 8.47. The van der Waals surface area contributed by atoms with Gasteiger partial charge >= 0.3 is 5.97 Å². The Labute approximate surface area is 178 Å². The zero-order valence-corrected chi connectivity index (χ0v) is 17.4. The fraction of sp³-hybridized carbons (Fsp3) is 0.333. The normalized spacial score (nSPS) is 22.0.